The van der Waals surface area contributed by atoms with Gasteiger partial charge in [-0.3, -0.25) is 0 Å². The van der Waals surface area contributed by atoms with E-state index in [0.29, 0.717) is 6.61 Å². The Labute approximate surface area is 75.9 Å². The summed E-state index contributed by atoms with van der Waals surface area (Å²) in [5, 5.41) is 3.27. The van der Waals surface area contributed by atoms with Crippen LogP contribution in [0.1, 0.15) is 11.6 Å². The summed E-state index contributed by atoms with van der Waals surface area (Å²) in [6.45, 7) is 2.21. The highest BCUT2D eigenvalue weighted by molar-refractivity contribution is 5.14. The molecule has 2 heterocycles. The van der Waals surface area contributed by atoms with Crippen LogP contribution in [0, 0.1) is 5.95 Å². The van der Waals surface area contributed by atoms with Gasteiger partial charge in [0, 0.05) is 12.7 Å². The van der Waals surface area contributed by atoms with E-state index in [2.05, 4.69) is 10.3 Å². The van der Waals surface area contributed by atoms with Crippen molar-refractivity contribution in [3.63, 3.8) is 0 Å². The molecule has 1 fully saturated rings. The second kappa shape index (κ2) is 3.81. The second-order valence-electron chi connectivity index (χ2n) is 3.00. The zero-order valence-corrected chi connectivity index (χ0v) is 7.16. The summed E-state index contributed by atoms with van der Waals surface area (Å²) >= 11 is 0. The number of rotatable bonds is 1. The lowest BCUT2D eigenvalue weighted by molar-refractivity contribution is 0.0767. The van der Waals surface area contributed by atoms with Crippen LogP contribution in [0.5, 0.6) is 0 Å². The van der Waals surface area contributed by atoms with E-state index >= 15 is 0 Å². The number of pyridine rings is 1. The van der Waals surface area contributed by atoms with Crippen LogP contribution >= 0.6 is 0 Å². The molecule has 1 aliphatic rings. The molecule has 1 saturated heterocycles. The Morgan fingerprint density at radius 3 is 3.08 bits per heavy atom. The van der Waals surface area contributed by atoms with Crippen molar-refractivity contribution in [3.05, 3.63) is 29.8 Å². The molecule has 0 amide bonds. The third kappa shape index (κ3) is 2.02. The summed E-state index contributed by atoms with van der Waals surface area (Å²) in [5.74, 6) is -0.444. The molecule has 0 unspecified atom stereocenters. The van der Waals surface area contributed by atoms with Crippen molar-refractivity contribution in [1.82, 2.24) is 10.3 Å². The molecule has 0 aromatic carbocycles. The van der Waals surface area contributed by atoms with E-state index in [-0.39, 0.29) is 6.04 Å². The number of hydrogen-bond donors (Lipinski definition) is 1. The van der Waals surface area contributed by atoms with Gasteiger partial charge in [-0.05, 0) is 11.6 Å². The van der Waals surface area contributed by atoms with Gasteiger partial charge in [-0.15, -0.1) is 0 Å². The van der Waals surface area contributed by atoms with Crippen LogP contribution in [0.15, 0.2) is 18.3 Å². The number of nitrogens with one attached hydrogen (secondary N) is 1. The fraction of sp³-hybridized carbons (Fsp3) is 0.444. The van der Waals surface area contributed by atoms with Gasteiger partial charge in [0.2, 0.25) is 5.95 Å². The summed E-state index contributed by atoms with van der Waals surface area (Å²) in [6, 6.07) is 3.25. The van der Waals surface area contributed by atoms with E-state index < -0.39 is 5.95 Å². The number of hydrogen-bond acceptors (Lipinski definition) is 3. The molecular formula is C9H11FN2O. The first-order valence-electron chi connectivity index (χ1n) is 4.29. The van der Waals surface area contributed by atoms with Gasteiger partial charge in [0.05, 0.1) is 19.3 Å². The van der Waals surface area contributed by atoms with Crippen molar-refractivity contribution in [1.29, 1.82) is 0 Å². The highest BCUT2D eigenvalue weighted by atomic mass is 19.1. The van der Waals surface area contributed by atoms with Crippen molar-refractivity contribution < 1.29 is 9.13 Å². The highest BCUT2D eigenvalue weighted by Gasteiger charge is 2.14. The molecule has 13 heavy (non-hydrogen) atoms. The first kappa shape index (κ1) is 8.59. The van der Waals surface area contributed by atoms with Gasteiger partial charge in [-0.2, -0.15) is 4.39 Å². The van der Waals surface area contributed by atoms with E-state index in [4.69, 9.17) is 4.74 Å². The predicted molar refractivity (Wildman–Crippen MR) is 45.8 cm³/mol. The molecule has 3 nitrogen and oxygen atoms in total. The second-order valence-corrected chi connectivity index (χ2v) is 3.00. The van der Waals surface area contributed by atoms with Crippen molar-refractivity contribution in [3.8, 4) is 0 Å². The number of nitrogens with zero attached hydrogens (tertiary/aromatic N) is 1. The Morgan fingerprint density at radius 1 is 1.54 bits per heavy atom. The molecule has 0 aliphatic carbocycles. The summed E-state index contributed by atoms with van der Waals surface area (Å²) in [5.41, 5.74) is 0.973. The molecule has 0 spiro atoms. The van der Waals surface area contributed by atoms with Gasteiger partial charge >= 0.3 is 0 Å². The molecule has 0 bridgehead atoms. The first-order chi connectivity index (χ1) is 6.36. The average Bonchev–Trinajstić information content (AvgIpc) is 2.20. The maximum Gasteiger partial charge on any atom is 0.212 e. The van der Waals surface area contributed by atoms with E-state index in [0.717, 1.165) is 18.7 Å². The Bertz CT molecular complexity index is 269. The van der Waals surface area contributed by atoms with Crippen LogP contribution in [0.2, 0.25) is 0 Å². The topological polar surface area (TPSA) is 34.1 Å². The molecule has 4 heteroatoms. The molecule has 1 atom stereocenters. The standard InChI is InChI=1S/C9H11FN2O/c10-9-2-1-7(5-12-9)8-6-13-4-3-11-8/h1-2,5,8,11H,3-4,6H2/t8-/m0/s1. The SMILES string of the molecule is Fc1ccc([C@@H]2COCCN2)cn1. The van der Waals surface area contributed by atoms with Gasteiger partial charge in [0.25, 0.3) is 0 Å². The fourth-order valence-electron chi connectivity index (χ4n) is 1.37. The number of aromatic nitrogens is 1. The minimum absolute atomic E-state index is 0.154. The Morgan fingerprint density at radius 2 is 2.46 bits per heavy atom. The maximum absolute atomic E-state index is 12.5. The zero-order valence-electron chi connectivity index (χ0n) is 7.16. The van der Waals surface area contributed by atoms with Crippen LogP contribution in [0.4, 0.5) is 4.39 Å². The van der Waals surface area contributed by atoms with E-state index in [1.165, 1.54) is 6.07 Å². The number of morpholine rings is 1. The summed E-state index contributed by atoms with van der Waals surface area (Å²) in [4.78, 5) is 3.59. The Hall–Kier alpha value is -1.00. The van der Waals surface area contributed by atoms with Crippen LogP contribution in [0.25, 0.3) is 0 Å². The molecule has 0 radical (unpaired) electrons. The molecule has 2 rings (SSSR count). The first-order valence-corrected chi connectivity index (χ1v) is 4.29. The molecule has 1 aromatic heterocycles. The molecule has 1 N–H and O–H groups in total. The predicted octanol–water partition coefficient (Wildman–Crippen LogP) is 0.882. The molecule has 70 valence electrons. The molecule has 1 aromatic rings. The van der Waals surface area contributed by atoms with Gasteiger partial charge in [-0.1, -0.05) is 6.07 Å². The van der Waals surface area contributed by atoms with Gasteiger partial charge < -0.3 is 10.1 Å². The summed E-state index contributed by atoms with van der Waals surface area (Å²) in [6.07, 6.45) is 1.54. The van der Waals surface area contributed by atoms with Crippen LogP contribution in [-0.2, 0) is 4.74 Å². The van der Waals surface area contributed by atoms with Gasteiger partial charge in [-0.25, -0.2) is 4.98 Å². The monoisotopic (exact) mass is 182 g/mol. The van der Waals surface area contributed by atoms with E-state index in [1.54, 1.807) is 12.3 Å². The number of halogens is 1. The zero-order chi connectivity index (χ0) is 9.10. The van der Waals surface area contributed by atoms with Crippen molar-refractivity contribution >= 4 is 0 Å². The van der Waals surface area contributed by atoms with E-state index in [1.807, 2.05) is 0 Å². The summed E-state index contributed by atoms with van der Waals surface area (Å²) < 4.78 is 17.8. The quantitative estimate of drug-likeness (QED) is 0.655. The van der Waals surface area contributed by atoms with Crippen molar-refractivity contribution in [2.24, 2.45) is 0 Å². The lowest BCUT2D eigenvalue weighted by Gasteiger charge is -2.23. The molecular weight excluding hydrogens is 171 g/mol. The molecule has 0 saturated carbocycles. The van der Waals surface area contributed by atoms with Crippen LogP contribution in [-0.4, -0.2) is 24.7 Å². The Kier molecular flexibility index (Phi) is 2.52. The lowest BCUT2D eigenvalue weighted by Crippen LogP contribution is -2.34. The summed E-state index contributed by atoms with van der Waals surface area (Å²) in [7, 11) is 0. The minimum Gasteiger partial charge on any atom is -0.378 e. The Balaban J connectivity index is 2.10. The third-order valence-electron chi connectivity index (χ3n) is 2.07. The normalized spacial score (nSPS) is 23.0. The minimum atomic E-state index is -0.444. The maximum atomic E-state index is 12.5. The fourth-order valence-corrected chi connectivity index (χ4v) is 1.37. The lowest BCUT2D eigenvalue weighted by atomic mass is 10.1. The highest BCUT2D eigenvalue weighted by Crippen LogP contribution is 2.14. The van der Waals surface area contributed by atoms with Crippen molar-refractivity contribution in [2.45, 2.75) is 6.04 Å². The smallest absolute Gasteiger partial charge is 0.212 e. The largest absolute Gasteiger partial charge is 0.378 e. The van der Waals surface area contributed by atoms with Gasteiger partial charge in [0.15, 0.2) is 0 Å². The molecule has 1 aliphatic heterocycles. The van der Waals surface area contributed by atoms with Crippen LogP contribution < -0.4 is 5.32 Å². The van der Waals surface area contributed by atoms with Gasteiger partial charge in [0.1, 0.15) is 0 Å². The third-order valence-corrected chi connectivity index (χ3v) is 2.07. The number of ether oxygens (including phenoxy) is 1. The van der Waals surface area contributed by atoms with E-state index in [9.17, 15) is 4.39 Å². The van der Waals surface area contributed by atoms with Crippen molar-refractivity contribution in [2.75, 3.05) is 19.8 Å². The average molecular weight is 182 g/mol. The van der Waals surface area contributed by atoms with Crippen LogP contribution in [0.3, 0.4) is 0 Å².